The van der Waals surface area contributed by atoms with Crippen LogP contribution in [0.4, 0.5) is 5.69 Å². The summed E-state index contributed by atoms with van der Waals surface area (Å²) in [6, 6.07) is 9.14. The van der Waals surface area contributed by atoms with Crippen molar-refractivity contribution in [3.63, 3.8) is 0 Å². The monoisotopic (exact) mass is 117 g/mol. The van der Waals surface area contributed by atoms with Gasteiger partial charge in [-0.05, 0) is 12.1 Å². The predicted molar refractivity (Wildman–Crippen MR) is 33.0 cm³/mol. The molecular weight excluding hydrogens is 109 g/mol. The number of benzene rings is 1. The minimum Gasteiger partial charge on any atom is -1.00 e. The Morgan fingerprint density at radius 3 is 2.11 bits per heavy atom. The fourth-order valence-electron chi connectivity index (χ4n) is 0.513. The normalized spacial score (nSPS) is 7.67. The average molecular weight is 117 g/mol. The Morgan fingerprint density at radius 2 is 1.78 bits per heavy atom. The maximum absolute atomic E-state index is 8.29. The van der Waals surface area contributed by atoms with E-state index < -0.39 is 0 Å². The van der Waals surface area contributed by atoms with Crippen LogP contribution >= 0.6 is 0 Å². The molecule has 0 amide bonds. The Balaban J connectivity index is 0. The quantitative estimate of drug-likeness (QED) is 0.350. The fourth-order valence-corrected chi connectivity index (χ4v) is 0.513. The van der Waals surface area contributed by atoms with Crippen LogP contribution in [0.25, 0.3) is 0 Å². The summed E-state index contributed by atoms with van der Waals surface area (Å²) in [5, 5.41) is 8.29. The fraction of sp³-hybridized carbons (Fsp3) is 0. The molecule has 2 N–H and O–H groups in total. The van der Waals surface area contributed by atoms with Crippen LogP contribution in [0.1, 0.15) is 1.43 Å². The first-order valence-electron chi connectivity index (χ1n) is 2.38. The first kappa shape index (κ1) is 8.58. The zero-order chi connectivity index (χ0) is 5.82. The van der Waals surface area contributed by atoms with Gasteiger partial charge in [0.05, 0.1) is 5.69 Å². The van der Waals surface area contributed by atoms with Crippen molar-refractivity contribution in [3.8, 4) is 0 Å². The van der Waals surface area contributed by atoms with Gasteiger partial charge in [-0.15, -0.1) is 0 Å². The third-order valence-electron chi connectivity index (χ3n) is 0.903. The van der Waals surface area contributed by atoms with Crippen molar-refractivity contribution in [1.29, 1.82) is 0 Å². The van der Waals surface area contributed by atoms with Gasteiger partial charge in [-0.25, -0.2) is 0 Å². The van der Waals surface area contributed by atoms with E-state index in [0.717, 1.165) is 0 Å². The molecule has 9 heavy (non-hydrogen) atoms. The first-order valence-corrected chi connectivity index (χ1v) is 2.38. The second-order valence-electron chi connectivity index (χ2n) is 1.48. The van der Waals surface area contributed by atoms with Gasteiger partial charge in [-0.3, -0.25) is 10.7 Å². The van der Waals surface area contributed by atoms with Gasteiger partial charge < -0.3 is 1.43 Å². The topological polar surface area (TPSA) is 32.3 Å². The number of anilines is 1. The molecule has 0 aliphatic carbocycles. The SMILES string of the molecule is ONc1ccccc1.[H-].[Li+]. The summed E-state index contributed by atoms with van der Waals surface area (Å²) in [5.41, 5.74) is 2.74. The van der Waals surface area contributed by atoms with E-state index in [2.05, 4.69) is 0 Å². The summed E-state index contributed by atoms with van der Waals surface area (Å²) in [6.07, 6.45) is 0. The van der Waals surface area contributed by atoms with E-state index in [0.29, 0.717) is 5.69 Å². The average Bonchev–Trinajstić information content (AvgIpc) is 1.90. The molecular formula is C6H8LiNO. The van der Waals surface area contributed by atoms with Gasteiger partial charge in [-0.1, -0.05) is 18.2 Å². The van der Waals surface area contributed by atoms with E-state index in [-0.39, 0.29) is 20.3 Å². The number of hydrogen-bond acceptors (Lipinski definition) is 2. The van der Waals surface area contributed by atoms with Crippen molar-refractivity contribution in [2.24, 2.45) is 0 Å². The number of nitrogens with one attached hydrogen (secondary N) is 1. The zero-order valence-electron chi connectivity index (χ0n) is 6.33. The molecule has 0 saturated heterocycles. The molecule has 1 rings (SSSR count). The van der Waals surface area contributed by atoms with E-state index in [4.69, 9.17) is 5.21 Å². The van der Waals surface area contributed by atoms with Crippen LogP contribution < -0.4 is 24.3 Å². The van der Waals surface area contributed by atoms with E-state index in [1.54, 1.807) is 12.1 Å². The van der Waals surface area contributed by atoms with Crippen molar-refractivity contribution >= 4 is 5.69 Å². The van der Waals surface area contributed by atoms with E-state index in [1.807, 2.05) is 23.7 Å². The predicted octanol–water partition coefficient (Wildman–Crippen LogP) is -1.40. The molecule has 0 fully saturated rings. The summed E-state index contributed by atoms with van der Waals surface area (Å²) >= 11 is 0. The van der Waals surface area contributed by atoms with Crippen molar-refractivity contribution in [2.45, 2.75) is 0 Å². The summed E-state index contributed by atoms with van der Waals surface area (Å²) in [7, 11) is 0. The summed E-state index contributed by atoms with van der Waals surface area (Å²) in [4.78, 5) is 0. The molecule has 2 nitrogen and oxygen atoms in total. The molecule has 0 aliphatic rings. The van der Waals surface area contributed by atoms with Gasteiger partial charge in [0.25, 0.3) is 0 Å². The molecule has 1 aromatic rings. The molecule has 0 atom stereocenters. The number of para-hydroxylation sites is 1. The van der Waals surface area contributed by atoms with Gasteiger partial charge in [0.2, 0.25) is 0 Å². The van der Waals surface area contributed by atoms with Crippen LogP contribution in [-0.2, 0) is 0 Å². The molecule has 0 radical (unpaired) electrons. The first-order chi connectivity index (χ1) is 3.93. The largest absolute Gasteiger partial charge is 1.00 e. The molecule has 44 valence electrons. The van der Waals surface area contributed by atoms with Gasteiger partial charge in [-0.2, -0.15) is 0 Å². The van der Waals surface area contributed by atoms with Crippen molar-refractivity contribution < 1.29 is 25.5 Å². The Morgan fingerprint density at radius 1 is 1.22 bits per heavy atom. The van der Waals surface area contributed by atoms with Crippen LogP contribution in [0.15, 0.2) is 30.3 Å². The zero-order valence-corrected chi connectivity index (χ0v) is 5.33. The van der Waals surface area contributed by atoms with Crippen molar-refractivity contribution in [1.82, 2.24) is 0 Å². The molecule has 3 heteroatoms. The Hall–Kier alpha value is -0.423. The summed E-state index contributed by atoms with van der Waals surface area (Å²) in [5.74, 6) is 0. The maximum Gasteiger partial charge on any atom is 1.00 e. The van der Waals surface area contributed by atoms with Gasteiger partial charge in [0.1, 0.15) is 0 Å². The van der Waals surface area contributed by atoms with E-state index in [1.165, 1.54) is 0 Å². The second kappa shape index (κ2) is 4.46. The minimum absolute atomic E-state index is 0. The molecule has 0 spiro atoms. The molecule has 0 aromatic heterocycles. The Bertz CT molecular complexity index is 159. The molecule has 0 heterocycles. The van der Waals surface area contributed by atoms with E-state index in [9.17, 15) is 0 Å². The third kappa shape index (κ3) is 2.57. The van der Waals surface area contributed by atoms with Crippen LogP contribution in [0.2, 0.25) is 0 Å². The van der Waals surface area contributed by atoms with Gasteiger partial charge in [0, 0.05) is 0 Å². The minimum atomic E-state index is 0. The summed E-state index contributed by atoms with van der Waals surface area (Å²) < 4.78 is 0. The van der Waals surface area contributed by atoms with Crippen LogP contribution in [0.3, 0.4) is 0 Å². The molecule has 0 aliphatic heterocycles. The molecule has 1 aromatic carbocycles. The van der Waals surface area contributed by atoms with Crippen molar-refractivity contribution in [3.05, 3.63) is 30.3 Å². The van der Waals surface area contributed by atoms with Gasteiger partial charge in [0.15, 0.2) is 0 Å². The maximum atomic E-state index is 8.29. The summed E-state index contributed by atoms with van der Waals surface area (Å²) in [6.45, 7) is 0. The number of hydrogen-bond donors (Lipinski definition) is 2. The second-order valence-corrected chi connectivity index (χ2v) is 1.48. The molecule has 0 bridgehead atoms. The van der Waals surface area contributed by atoms with Crippen LogP contribution in [0.5, 0.6) is 0 Å². The van der Waals surface area contributed by atoms with Gasteiger partial charge >= 0.3 is 18.9 Å². The van der Waals surface area contributed by atoms with Crippen molar-refractivity contribution in [2.75, 3.05) is 5.48 Å². The van der Waals surface area contributed by atoms with Crippen LogP contribution in [0, 0.1) is 0 Å². The third-order valence-corrected chi connectivity index (χ3v) is 0.903. The van der Waals surface area contributed by atoms with E-state index >= 15 is 0 Å². The standard InChI is InChI=1S/C6H7NO.Li.H/c8-7-6-4-2-1-3-5-6;;/h1-5,7-8H;;/q;+1;-1. The Kier molecular flexibility index (Phi) is 4.25. The smallest absolute Gasteiger partial charge is 1.00 e. The molecule has 0 saturated carbocycles. The Labute approximate surface area is 67.5 Å². The number of rotatable bonds is 1. The molecule has 0 unspecified atom stereocenters. The van der Waals surface area contributed by atoms with Crippen LogP contribution in [-0.4, -0.2) is 5.21 Å².